The molecule has 0 aliphatic carbocycles. The van der Waals surface area contributed by atoms with Crippen molar-refractivity contribution in [2.45, 2.75) is 58.7 Å². The second-order valence-corrected chi connectivity index (χ2v) is 10.1. The smallest absolute Gasteiger partial charge is 0.434 e. The van der Waals surface area contributed by atoms with Crippen LogP contribution in [0, 0.1) is 6.92 Å². The molecule has 0 aliphatic rings. The maximum absolute atomic E-state index is 14.1. The fraction of sp³-hybridized carbons (Fsp3) is 0.344. The lowest BCUT2D eigenvalue weighted by Crippen LogP contribution is -2.20. The average Bonchev–Trinajstić information content (AvgIpc) is 3.42. The zero-order valence-electron chi connectivity index (χ0n) is 23.7. The molecule has 2 heterocycles. The highest BCUT2D eigenvalue weighted by Crippen LogP contribution is 2.34. The summed E-state index contributed by atoms with van der Waals surface area (Å²) < 4.78 is 66.0. The Kier molecular flexibility index (Phi) is 9.98. The molecule has 4 rings (SSSR count). The molecular formula is C32H33F4N3O3. The van der Waals surface area contributed by atoms with E-state index in [1.165, 1.54) is 6.07 Å². The monoisotopic (exact) mass is 583 g/mol. The Morgan fingerprint density at radius 2 is 1.74 bits per heavy atom. The third-order valence-corrected chi connectivity index (χ3v) is 6.62. The second-order valence-electron chi connectivity index (χ2n) is 10.1. The summed E-state index contributed by atoms with van der Waals surface area (Å²) in [4.78, 5) is 16.9. The summed E-state index contributed by atoms with van der Waals surface area (Å²) in [5.74, 6) is -0.429. The highest BCUT2D eigenvalue weighted by Gasteiger charge is 2.41. The van der Waals surface area contributed by atoms with E-state index in [0.717, 1.165) is 40.6 Å². The maximum atomic E-state index is 14.1. The molecule has 6 nitrogen and oxygen atoms in total. The average molecular weight is 584 g/mol. The lowest BCUT2D eigenvalue weighted by atomic mass is 9.96. The van der Waals surface area contributed by atoms with Gasteiger partial charge in [0.05, 0.1) is 31.3 Å². The Hall–Kier alpha value is -4.21. The molecule has 0 radical (unpaired) electrons. The van der Waals surface area contributed by atoms with Gasteiger partial charge in [0.25, 0.3) is 0 Å². The minimum atomic E-state index is -4.87. The highest BCUT2D eigenvalue weighted by molar-refractivity contribution is 5.91. The molecule has 2 aromatic carbocycles. The minimum absolute atomic E-state index is 0.0730. The van der Waals surface area contributed by atoms with Crippen molar-refractivity contribution in [1.29, 1.82) is 0 Å². The SMILES string of the molecule is Cc1cc(OCCCCF)ccc1CCc1ccccc1-c1cccc(-n2ncc(C(=O)OC(C)C)c2C(F)(F)F)n1. The number of esters is 1. The first kappa shape index (κ1) is 30.7. The van der Waals surface area contributed by atoms with Crippen molar-refractivity contribution in [2.75, 3.05) is 13.3 Å². The van der Waals surface area contributed by atoms with Crippen molar-refractivity contribution < 1.29 is 31.8 Å². The van der Waals surface area contributed by atoms with Gasteiger partial charge in [-0.25, -0.2) is 14.5 Å². The lowest BCUT2D eigenvalue weighted by Gasteiger charge is -2.15. The van der Waals surface area contributed by atoms with Crippen molar-refractivity contribution >= 4 is 5.97 Å². The minimum Gasteiger partial charge on any atom is -0.494 e. The van der Waals surface area contributed by atoms with Gasteiger partial charge in [-0.1, -0.05) is 36.4 Å². The summed E-state index contributed by atoms with van der Waals surface area (Å²) in [5, 5.41) is 3.87. The molecule has 0 N–H and O–H groups in total. The first-order chi connectivity index (χ1) is 20.1. The van der Waals surface area contributed by atoms with E-state index in [4.69, 9.17) is 9.47 Å². The Labute approximate surface area is 242 Å². The number of aryl methyl sites for hydroxylation is 3. The molecule has 2 aromatic heterocycles. The lowest BCUT2D eigenvalue weighted by molar-refractivity contribution is -0.143. The van der Waals surface area contributed by atoms with E-state index in [1.807, 2.05) is 49.4 Å². The maximum Gasteiger partial charge on any atom is 0.434 e. The van der Waals surface area contributed by atoms with E-state index >= 15 is 0 Å². The third-order valence-electron chi connectivity index (χ3n) is 6.62. The molecule has 0 saturated heterocycles. The molecule has 0 aliphatic heterocycles. The van der Waals surface area contributed by atoms with Crippen LogP contribution in [0.4, 0.5) is 17.6 Å². The number of pyridine rings is 1. The zero-order chi connectivity index (χ0) is 30.3. The number of hydrogen-bond donors (Lipinski definition) is 0. The van der Waals surface area contributed by atoms with Crippen LogP contribution in [0.15, 0.2) is 66.9 Å². The summed E-state index contributed by atoms with van der Waals surface area (Å²) in [6.45, 7) is 5.24. The van der Waals surface area contributed by atoms with Gasteiger partial charge in [0.2, 0.25) is 0 Å². The van der Waals surface area contributed by atoms with Crippen molar-refractivity contribution in [3.05, 3.63) is 94.8 Å². The molecule has 42 heavy (non-hydrogen) atoms. The number of rotatable bonds is 12. The summed E-state index contributed by atoms with van der Waals surface area (Å²) in [6, 6.07) is 18.2. The summed E-state index contributed by atoms with van der Waals surface area (Å²) >= 11 is 0. The fourth-order valence-electron chi connectivity index (χ4n) is 4.60. The van der Waals surface area contributed by atoms with Gasteiger partial charge < -0.3 is 9.47 Å². The number of unbranched alkanes of at least 4 members (excludes halogenated alkanes) is 1. The Balaban J connectivity index is 1.58. The molecule has 0 spiro atoms. The molecule has 0 atom stereocenters. The van der Waals surface area contributed by atoms with Crippen LogP contribution in [-0.4, -0.2) is 40.1 Å². The van der Waals surface area contributed by atoms with Crippen LogP contribution >= 0.6 is 0 Å². The van der Waals surface area contributed by atoms with Gasteiger partial charge in [0.15, 0.2) is 11.5 Å². The van der Waals surface area contributed by atoms with Gasteiger partial charge in [-0.05, 0) is 87.4 Å². The topological polar surface area (TPSA) is 66.2 Å². The zero-order valence-corrected chi connectivity index (χ0v) is 23.7. The van der Waals surface area contributed by atoms with Gasteiger partial charge >= 0.3 is 12.1 Å². The molecule has 0 amide bonds. The molecule has 10 heteroatoms. The second kappa shape index (κ2) is 13.6. The number of carbonyl (C=O) groups excluding carboxylic acids is 1. The molecule has 0 saturated carbocycles. The summed E-state index contributed by atoms with van der Waals surface area (Å²) in [7, 11) is 0. The van der Waals surface area contributed by atoms with E-state index in [2.05, 4.69) is 10.1 Å². The summed E-state index contributed by atoms with van der Waals surface area (Å²) in [5.41, 5.74) is 2.53. The molecular weight excluding hydrogens is 550 g/mol. The molecule has 4 aromatic rings. The molecule has 0 bridgehead atoms. The van der Waals surface area contributed by atoms with Crippen LogP contribution in [0.25, 0.3) is 17.1 Å². The van der Waals surface area contributed by atoms with Crippen molar-refractivity contribution in [2.24, 2.45) is 0 Å². The number of nitrogens with zero attached hydrogens (tertiary/aromatic N) is 3. The number of ether oxygens (including phenoxy) is 2. The number of hydrogen-bond acceptors (Lipinski definition) is 5. The number of benzene rings is 2. The first-order valence-electron chi connectivity index (χ1n) is 13.8. The Morgan fingerprint density at radius 3 is 2.45 bits per heavy atom. The van der Waals surface area contributed by atoms with Crippen LogP contribution < -0.4 is 4.74 Å². The van der Waals surface area contributed by atoms with Crippen LogP contribution in [-0.2, 0) is 23.8 Å². The van der Waals surface area contributed by atoms with Crippen molar-refractivity contribution in [3.8, 4) is 22.8 Å². The number of halogens is 4. The van der Waals surface area contributed by atoms with Crippen LogP contribution in [0.3, 0.4) is 0 Å². The van der Waals surface area contributed by atoms with Gasteiger partial charge in [-0.15, -0.1) is 0 Å². The van der Waals surface area contributed by atoms with Gasteiger partial charge in [0, 0.05) is 5.56 Å². The number of alkyl halides is 4. The van der Waals surface area contributed by atoms with Crippen LogP contribution in [0.2, 0.25) is 0 Å². The predicted octanol–water partition coefficient (Wildman–Crippen LogP) is 7.74. The van der Waals surface area contributed by atoms with Gasteiger partial charge in [-0.2, -0.15) is 18.3 Å². The van der Waals surface area contributed by atoms with Gasteiger partial charge in [-0.3, -0.25) is 4.39 Å². The number of carbonyl (C=O) groups is 1. The molecule has 0 fully saturated rings. The summed E-state index contributed by atoms with van der Waals surface area (Å²) in [6.07, 6.45) is -2.07. The van der Waals surface area contributed by atoms with E-state index in [0.29, 0.717) is 36.2 Å². The third kappa shape index (κ3) is 7.54. The fourth-order valence-corrected chi connectivity index (χ4v) is 4.60. The van der Waals surface area contributed by atoms with E-state index in [-0.39, 0.29) is 12.5 Å². The molecule has 0 unspecified atom stereocenters. The van der Waals surface area contributed by atoms with Crippen LogP contribution in [0.5, 0.6) is 5.75 Å². The van der Waals surface area contributed by atoms with Crippen molar-refractivity contribution in [1.82, 2.24) is 14.8 Å². The first-order valence-corrected chi connectivity index (χ1v) is 13.8. The quantitative estimate of drug-likeness (QED) is 0.0970. The van der Waals surface area contributed by atoms with Crippen LogP contribution in [0.1, 0.15) is 59.4 Å². The molecule has 222 valence electrons. The van der Waals surface area contributed by atoms with E-state index in [1.54, 1.807) is 26.0 Å². The van der Waals surface area contributed by atoms with E-state index < -0.39 is 29.5 Å². The number of aromatic nitrogens is 3. The highest BCUT2D eigenvalue weighted by atomic mass is 19.4. The Bertz CT molecular complexity index is 1520. The van der Waals surface area contributed by atoms with E-state index in [9.17, 15) is 22.4 Å². The normalized spacial score (nSPS) is 11.6. The van der Waals surface area contributed by atoms with Crippen molar-refractivity contribution in [3.63, 3.8) is 0 Å². The largest absolute Gasteiger partial charge is 0.494 e. The standard InChI is InChI=1S/C32H33F4N3O3/c1-21(2)42-31(40)27-20-37-39(30(27)32(34,35)36)29-12-8-11-28(38-29)26-10-5-4-9-24(26)14-13-23-15-16-25(19-22(23)3)41-18-7-6-17-33/h4-5,8-12,15-16,19-21H,6-7,13-14,17-18H2,1-3H3. The Morgan fingerprint density at radius 1 is 0.976 bits per heavy atom. The predicted molar refractivity (Wildman–Crippen MR) is 152 cm³/mol. The van der Waals surface area contributed by atoms with Gasteiger partial charge in [0.1, 0.15) is 11.3 Å².